The van der Waals surface area contributed by atoms with Gasteiger partial charge >= 0.3 is 0 Å². The van der Waals surface area contributed by atoms with Gasteiger partial charge in [-0.05, 0) is 31.5 Å². The molecule has 1 aromatic carbocycles. The minimum absolute atomic E-state index is 0.0673. The van der Waals surface area contributed by atoms with Crippen LogP contribution in [0.25, 0.3) is 0 Å². The number of rotatable bonds is 5. The van der Waals surface area contributed by atoms with Crippen LogP contribution >= 0.6 is 0 Å². The van der Waals surface area contributed by atoms with Gasteiger partial charge in [-0.1, -0.05) is 6.07 Å². The van der Waals surface area contributed by atoms with E-state index in [9.17, 15) is 8.42 Å². The van der Waals surface area contributed by atoms with Crippen LogP contribution in [0.4, 0.5) is 0 Å². The molecule has 0 aromatic heterocycles. The van der Waals surface area contributed by atoms with Crippen molar-refractivity contribution in [3.05, 3.63) is 24.3 Å². The Hall–Kier alpha value is -1.07. The van der Waals surface area contributed by atoms with E-state index in [0.29, 0.717) is 12.2 Å². The van der Waals surface area contributed by atoms with Crippen LogP contribution in [0.3, 0.4) is 0 Å². The molecule has 1 rings (SSSR count). The lowest BCUT2D eigenvalue weighted by Gasteiger charge is -2.07. The van der Waals surface area contributed by atoms with Crippen molar-refractivity contribution in [3.8, 4) is 5.75 Å². The quantitative estimate of drug-likeness (QED) is 0.843. The second kappa shape index (κ2) is 5.32. The molecule has 1 atom stereocenters. The first-order chi connectivity index (χ1) is 7.45. The molecule has 0 saturated carbocycles. The van der Waals surface area contributed by atoms with Gasteiger partial charge in [-0.3, -0.25) is 0 Å². The molecule has 0 aliphatic rings. The highest BCUT2D eigenvalue weighted by atomic mass is 32.2. The van der Waals surface area contributed by atoms with Crippen molar-refractivity contribution in [1.29, 1.82) is 0 Å². The van der Waals surface area contributed by atoms with Gasteiger partial charge in [0.2, 0.25) is 0 Å². The highest BCUT2D eigenvalue weighted by Crippen LogP contribution is 2.18. The molecule has 0 radical (unpaired) electrons. The van der Waals surface area contributed by atoms with Crippen LogP contribution in [0.15, 0.2) is 29.2 Å². The second-order valence-electron chi connectivity index (χ2n) is 3.76. The van der Waals surface area contributed by atoms with Crippen LogP contribution in [0.2, 0.25) is 0 Å². The summed E-state index contributed by atoms with van der Waals surface area (Å²) in [6.07, 6.45) is 0.458. The van der Waals surface area contributed by atoms with E-state index in [1.165, 1.54) is 13.2 Å². The van der Waals surface area contributed by atoms with E-state index >= 15 is 0 Å². The third kappa shape index (κ3) is 3.50. The lowest BCUT2D eigenvalue weighted by molar-refractivity contribution is 0.413. The summed E-state index contributed by atoms with van der Waals surface area (Å²) in [5.41, 5.74) is 5.54. The molecule has 1 aromatic rings. The molecule has 0 bridgehead atoms. The summed E-state index contributed by atoms with van der Waals surface area (Å²) in [5.74, 6) is 0.611. The number of methoxy groups -OCH3 is 1. The number of nitrogens with two attached hydrogens (primary N) is 1. The van der Waals surface area contributed by atoms with Crippen LogP contribution in [0.1, 0.15) is 13.3 Å². The van der Waals surface area contributed by atoms with Crippen molar-refractivity contribution in [2.75, 3.05) is 12.9 Å². The molecule has 0 spiro atoms. The van der Waals surface area contributed by atoms with E-state index in [-0.39, 0.29) is 16.7 Å². The van der Waals surface area contributed by atoms with E-state index < -0.39 is 9.84 Å². The van der Waals surface area contributed by atoms with Gasteiger partial charge in [0.05, 0.1) is 17.8 Å². The number of hydrogen-bond acceptors (Lipinski definition) is 4. The number of benzene rings is 1. The van der Waals surface area contributed by atoms with E-state index in [4.69, 9.17) is 10.5 Å². The maximum atomic E-state index is 11.9. The maximum Gasteiger partial charge on any atom is 0.178 e. The van der Waals surface area contributed by atoms with Gasteiger partial charge in [0.1, 0.15) is 5.75 Å². The molecule has 0 aliphatic carbocycles. The molecule has 0 saturated heterocycles. The number of hydrogen-bond donors (Lipinski definition) is 1. The first-order valence-electron chi connectivity index (χ1n) is 5.08. The minimum atomic E-state index is -3.25. The van der Waals surface area contributed by atoms with Gasteiger partial charge in [0.15, 0.2) is 9.84 Å². The molecule has 1 unspecified atom stereocenters. The van der Waals surface area contributed by atoms with Crippen LogP contribution in [0, 0.1) is 0 Å². The van der Waals surface area contributed by atoms with Crippen molar-refractivity contribution in [3.63, 3.8) is 0 Å². The van der Waals surface area contributed by atoms with E-state index in [2.05, 4.69) is 0 Å². The summed E-state index contributed by atoms with van der Waals surface area (Å²) >= 11 is 0. The smallest absolute Gasteiger partial charge is 0.178 e. The van der Waals surface area contributed by atoms with E-state index in [0.717, 1.165) is 0 Å². The van der Waals surface area contributed by atoms with E-state index in [1.54, 1.807) is 25.1 Å². The molecule has 4 nitrogen and oxygen atoms in total. The Morgan fingerprint density at radius 1 is 1.44 bits per heavy atom. The predicted octanol–water partition coefficient (Wildman–Crippen LogP) is 1.21. The lowest BCUT2D eigenvalue weighted by Crippen LogP contribution is -2.20. The Kier molecular flexibility index (Phi) is 4.32. The Balaban J connectivity index is 2.89. The third-order valence-electron chi connectivity index (χ3n) is 2.24. The minimum Gasteiger partial charge on any atom is -0.497 e. The molecule has 90 valence electrons. The molecular weight excluding hydrogens is 226 g/mol. The molecule has 5 heteroatoms. The van der Waals surface area contributed by atoms with Crippen LogP contribution in [-0.2, 0) is 9.84 Å². The Morgan fingerprint density at radius 3 is 2.69 bits per heavy atom. The van der Waals surface area contributed by atoms with Crippen LogP contribution in [0.5, 0.6) is 5.75 Å². The van der Waals surface area contributed by atoms with Gasteiger partial charge in [0, 0.05) is 6.04 Å². The zero-order chi connectivity index (χ0) is 12.2. The standard InChI is InChI=1S/C11H17NO3S/c1-9(12)6-7-16(13,14)11-5-3-4-10(8-11)15-2/h3-5,8-9H,6-7,12H2,1-2H3. The number of ether oxygens (including phenoxy) is 1. The van der Waals surface area contributed by atoms with Crippen molar-refractivity contribution in [2.24, 2.45) is 5.73 Å². The largest absolute Gasteiger partial charge is 0.497 e. The Morgan fingerprint density at radius 2 is 2.12 bits per heavy atom. The van der Waals surface area contributed by atoms with Gasteiger partial charge in [-0.2, -0.15) is 0 Å². The normalized spacial score (nSPS) is 13.4. The topological polar surface area (TPSA) is 69.4 Å². The van der Waals surface area contributed by atoms with Crippen molar-refractivity contribution in [1.82, 2.24) is 0 Å². The summed E-state index contributed by atoms with van der Waals surface area (Å²) in [7, 11) is -1.74. The van der Waals surface area contributed by atoms with Crippen LogP contribution in [-0.4, -0.2) is 27.3 Å². The molecular formula is C11H17NO3S. The van der Waals surface area contributed by atoms with Crippen LogP contribution < -0.4 is 10.5 Å². The average Bonchev–Trinajstić information content (AvgIpc) is 2.27. The summed E-state index contributed by atoms with van der Waals surface area (Å²) in [6, 6.07) is 6.36. The fraction of sp³-hybridized carbons (Fsp3) is 0.455. The summed E-state index contributed by atoms with van der Waals surface area (Å²) in [5, 5.41) is 0. The molecule has 0 aliphatic heterocycles. The predicted molar refractivity (Wildman–Crippen MR) is 63.3 cm³/mol. The van der Waals surface area contributed by atoms with E-state index in [1.807, 2.05) is 0 Å². The van der Waals surface area contributed by atoms with Gasteiger partial charge in [-0.25, -0.2) is 8.42 Å². The Labute approximate surface area is 96.3 Å². The SMILES string of the molecule is COc1cccc(S(=O)(=O)CCC(C)N)c1. The lowest BCUT2D eigenvalue weighted by atomic mass is 10.3. The van der Waals surface area contributed by atoms with Crippen molar-refractivity contribution < 1.29 is 13.2 Å². The highest BCUT2D eigenvalue weighted by Gasteiger charge is 2.15. The fourth-order valence-corrected chi connectivity index (χ4v) is 2.75. The highest BCUT2D eigenvalue weighted by molar-refractivity contribution is 7.91. The van der Waals surface area contributed by atoms with Gasteiger partial charge < -0.3 is 10.5 Å². The molecule has 16 heavy (non-hydrogen) atoms. The molecule has 0 amide bonds. The first-order valence-corrected chi connectivity index (χ1v) is 6.73. The number of sulfone groups is 1. The summed E-state index contributed by atoms with van der Waals surface area (Å²) in [6.45, 7) is 1.79. The van der Waals surface area contributed by atoms with Crippen molar-refractivity contribution in [2.45, 2.75) is 24.3 Å². The third-order valence-corrected chi connectivity index (χ3v) is 3.99. The van der Waals surface area contributed by atoms with Gasteiger partial charge in [-0.15, -0.1) is 0 Å². The monoisotopic (exact) mass is 243 g/mol. The maximum absolute atomic E-state index is 11.9. The zero-order valence-electron chi connectivity index (χ0n) is 9.51. The summed E-state index contributed by atoms with van der Waals surface area (Å²) in [4.78, 5) is 0.285. The second-order valence-corrected chi connectivity index (χ2v) is 5.87. The average molecular weight is 243 g/mol. The molecule has 0 heterocycles. The van der Waals surface area contributed by atoms with Crippen molar-refractivity contribution >= 4 is 9.84 Å². The Bertz CT molecular complexity index is 440. The zero-order valence-corrected chi connectivity index (χ0v) is 10.3. The van der Waals surface area contributed by atoms with Gasteiger partial charge in [0.25, 0.3) is 0 Å². The summed E-state index contributed by atoms with van der Waals surface area (Å²) < 4.78 is 28.8. The fourth-order valence-electron chi connectivity index (χ4n) is 1.25. The first kappa shape index (κ1) is 13.0. The molecule has 0 fully saturated rings. The molecule has 2 N–H and O–H groups in total.